The standard InChI is InChI=1S/C17H14ClN3O2/c1-2-9-22-13-7-8-15(19)14(10-13)17-21-20-16(23-17)11-3-5-12(18)6-4-11/h2-8,10H,1,9,19H2. The SMILES string of the molecule is C=CCOc1ccc(N)c(-c2nnc(-c3ccc(Cl)cc3)o2)c1. The molecule has 0 fully saturated rings. The van der Waals surface area contributed by atoms with Crippen LogP contribution in [0.3, 0.4) is 0 Å². The highest BCUT2D eigenvalue weighted by atomic mass is 35.5. The molecule has 0 unspecified atom stereocenters. The number of hydrogen-bond donors (Lipinski definition) is 1. The fourth-order valence-corrected chi connectivity index (χ4v) is 2.13. The minimum atomic E-state index is 0.330. The fourth-order valence-electron chi connectivity index (χ4n) is 2.01. The summed E-state index contributed by atoms with van der Waals surface area (Å²) in [6.07, 6.45) is 1.67. The Balaban J connectivity index is 1.93. The molecule has 0 saturated heterocycles. The van der Waals surface area contributed by atoms with Crippen LogP contribution in [0.1, 0.15) is 0 Å². The van der Waals surface area contributed by atoms with Gasteiger partial charge in [0.25, 0.3) is 0 Å². The molecule has 0 aliphatic carbocycles. The average molecular weight is 328 g/mol. The molecule has 2 aromatic carbocycles. The molecule has 5 nitrogen and oxygen atoms in total. The Labute approximate surface area is 138 Å². The minimum absolute atomic E-state index is 0.330. The number of nitrogens with zero attached hydrogens (tertiary/aromatic N) is 2. The van der Waals surface area contributed by atoms with E-state index in [2.05, 4.69) is 16.8 Å². The van der Waals surface area contributed by atoms with Gasteiger partial charge in [-0.1, -0.05) is 24.3 Å². The Morgan fingerprint density at radius 3 is 2.61 bits per heavy atom. The molecule has 0 atom stereocenters. The number of ether oxygens (including phenoxy) is 1. The van der Waals surface area contributed by atoms with E-state index in [1.54, 1.807) is 36.4 Å². The third-order valence-corrected chi connectivity index (χ3v) is 3.39. The molecule has 116 valence electrons. The van der Waals surface area contributed by atoms with Gasteiger partial charge in [0.05, 0.1) is 5.56 Å². The van der Waals surface area contributed by atoms with E-state index >= 15 is 0 Å². The first-order valence-electron chi connectivity index (χ1n) is 6.90. The average Bonchev–Trinajstić information content (AvgIpc) is 3.04. The summed E-state index contributed by atoms with van der Waals surface area (Å²) in [7, 11) is 0. The first-order valence-corrected chi connectivity index (χ1v) is 7.28. The van der Waals surface area contributed by atoms with Gasteiger partial charge < -0.3 is 14.9 Å². The summed E-state index contributed by atoms with van der Waals surface area (Å²) in [5.41, 5.74) is 7.93. The number of anilines is 1. The maximum Gasteiger partial charge on any atom is 0.250 e. The van der Waals surface area contributed by atoms with Crippen molar-refractivity contribution in [3.8, 4) is 28.7 Å². The summed E-state index contributed by atoms with van der Waals surface area (Å²) in [6.45, 7) is 4.02. The van der Waals surface area contributed by atoms with Crippen LogP contribution in [0.4, 0.5) is 5.69 Å². The zero-order valence-electron chi connectivity index (χ0n) is 12.2. The monoisotopic (exact) mass is 327 g/mol. The fraction of sp³-hybridized carbons (Fsp3) is 0.0588. The predicted octanol–water partition coefficient (Wildman–Crippen LogP) is 4.20. The lowest BCUT2D eigenvalue weighted by molar-refractivity contribution is 0.363. The molecular formula is C17H14ClN3O2. The number of nitrogens with two attached hydrogens (primary N) is 1. The molecular weight excluding hydrogens is 314 g/mol. The van der Waals surface area contributed by atoms with E-state index in [-0.39, 0.29) is 0 Å². The molecule has 0 aliphatic heterocycles. The normalized spacial score (nSPS) is 10.5. The third kappa shape index (κ3) is 3.35. The summed E-state index contributed by atoms with van der Waals surface area (Å²) >= 11 is 5.88. The summed E-state index contributed by atoms with van der Waals surface area (Å²) in [4.78, 5) is 0. The zero-order valence-corrected chi connectivity index (χ0v) is 13.0. The largest absolute Gasteiger partial charge is 0.490 e. The van der Waals surface area contributed by atoms with Crippen molar-refractivity contribution < 1.29 is 9.15 Å². The first kappa shape index (κ1) is 15.1. The Hall–Kier alpha value is -2.79. The molecule has 1 heterocycles. The highest BCUT2D eigenvalue weighted by molar-refractivity contribution is 6.30. The summed E-state index contributed by atoms with van der Waals surface area (Å²) in [5.74, 6) is 1.38. The maximum absolute atomic E-state index is 6.00. The van der Waals surface area contributed by atoms with Crippen LogP contribution in [0.15, 0.2) is 59.5 Å². The summed E-state index contributed by atoms with van der Waals surface area (Å²) in [6, 6.07) is 12.4. The van der Waals surface area contributed by atoms with Gasteiger partial charge in [-0.15, -0.1) is 10.2 Å². The van der Waals surface area contributed by atoms with Crippen LogP contribution in [0.5, 0.6) is 5.75 Å². The lowest BCUT2D eigenvalue weighted by Crippen LogP contribution is -1.95. The second kappa shape index (κ2) is 6.54. The van der Waals surface area contributed by atoms with Crippen LogP contribution in [-0.4, -0.2) is 16.8 Å². The molecule has 1 aromatic heterocycles. The number of rotatable bonds is 5. The van der Waals surface area contributed by atoms with Gasteiger partial charge in [-0.25, -0.2) is 0 Å². The van der Waals surface area contributed by atoms with Crippen molar-refractivity contribution in [1.82, 2.24) is 10.2 Å². The second-order valence-electron chi connectivity index (χ2n) is 4.77. The van der Waals surface area contributed by atoms with E-state index in [0.717, 1.165) is 5.56 Å². The van der Waals surface area contributed by atoms with Crippen molar-refractivity contribution in [2.75, 3.05) is 12.3 Å². The molecule has 6 heteroatoms. The highest BCUT2D eigenvalue weighted by Gasteiger charge is 2.14. The van der Waals surface area contributed by atoms with Crippen molar-refractivity contribution in [3.05, 3.63) is 60.1 Å². The molecule has 0 spiro atoms. The highest BCUT2D eigenvalue weighted by Crippen LogP contribution is 2.31. The van der Waals surface area contributed by atoms with Crippen LogP contribution in [0.25, 0.3) is 22.9 Å². The van der Waals surface area contributed by atoms with Gasteiger partial charge in [-0.05, 0) is 42.5 Å². The molecule has 23 heavy (non-hydrogen) atoms. The lowest BCUT2D eigenvalue weighted by Gasteiger charge is -2.06. The van der Waals surface area contributed by atoms with Crippen LogP contribution >= 0.6 is 11.6 Å². The molecule has 0 bridgehead atoms. The van der Waals surface area contributed by atoms with Crippen molar-refractivity contribution in [2.45, 2.75) is 0 Å². The van der Waals surface area contributed by atoms with Crippen molar-refractivity contribution in [3.63, 3.8) is 0 Å². The first-order chi connectivity index (χ1) is 11.2. The Morgan fingerprint density at radius 1 is 1.13 bits per heavy atom. The molecule has 0 saturated carbocycles. The molecule has 0 radical (unpaired) electrons. The van der Waals surface area contributed by atoms with Crippen LogP contribution in [0, 0.1) is 0 Å². The van der Waals surface area contributed by atoms with Crippen LogP contribution < -0.4 is 10.5 Å². The minimum Gasteiger partial charge on any atom is -0.490 e. The van der Waals surface area contributed by atoms with E-state index in [1.807, 2.05) is 12.1 Å². The zero-order chi connectivity index (χ0) is 16.2. The van der Waals surface area contributed by atoms with E-state index in [1.165, 1.54) is 0 Å². The van der Waals surface area contributed by atoms with Gasteiger partial charge in [-0.2, -0.15) is 0 Å². The maximum atomic E-state index is 6.00. The van der Waals surface area contributed by atoms with E-state index in [4.69, 9.17) is 26.5 Å². The third-order valence-electron chi connectivity index (χ3n) is 3.14. The smallest absolute Gasteiger partial charge is 0.250 e. The van der Waals surface area contributed by atoms with Gasteiger partial charge >= 0.3 is 0 Å². The van der Waals surface area contributed by atoms with Crippen molar-refractivity contribution in [1.29, 1.82) is 0 Å². The molecule has 2 N–H and O–H groups in total. The molecule has 3 rings (SSSR count). The summed E-state index contributed by atoms with van der Waals surface area (Å²) in [5, 5.41) is 8.76. The second-order valence-corrected chi connectivity index (χ2v) is 5.20. The van der Waals surface area contributed by atoms with E-state index in [9.17, 15) is 0 Å². The van der Waals surface area contributed by atoms with Crippen LogP contribution in [-0.2, 0) is 0 Å². The van der Waals surface area contributed by atoms with Gasteiger partial charge in [0.15, 0.2) is 0 Å². The predicted molar refractivity (Wildman–Crippen MR) is 90.3 cm³/mol. The Bertz CT molecular complexity index is 828. The molecule has 3 aromatic rings. The van der Waals surface area contributed by atoms with Gasteiger partial charge in [0.1, 0.15) is 12.4 Å². The number of nitrogen functional groups attached to an aromatic ring is 1. The van der Waals surface area contributed by atoms with E-state index in [0.29, 0.717) is 40.4 Å². The Kier molecular flexibility index (Phi) is 4.30. The van der Waals surface area contributed by atoms with Crippen LogP contribution in [0.2, 0.25) is 5.02 Å². The van der Waals surface area contributed by atoms with Gasteiger partial charge in [0, 0.05) is 16.3 Å². The van der Waals surface area contributed by atoms with Crippen molar-refractivity contribution >= 4 is 17.3 Å². The number of hydrogen-bond acceptors (Lipinski definition) is 5. The number of halogens is 1. The number of aromatic nitrogens is 2. The van der Waals surface area contributed by atoms with E-state index < -0.39 is 0 Å². The van der Waals surface area contributed by atoms with Gasteiger partial charge in [-0.3, -0.25) is 0 Å². The van der Waals surface area contributed by atoms with Crippen molar-refractivity contribution in [2.24, 2.45) is 0 Å². The molecule has 0 amide bonds. The number of benzene rings is 2. The quantitative estimate of drug-likeness (QED) is 0.561. The van der Waals surface area contributed by atoms with Gasteiger partial charge in [0.2, 0.25) is 11.8 Å². The topological polar surface area (TPSA) is 74.2 Å². The lowest BCUT2D eigenvalue weighted by atomic mass is 10.1. The summed E-state index contributed by atoms with van der Waals surface area (Å²) < 4.78 is 11.2. The molecule has 0 aliphatic rings. The Morgan fingerprint density at radius 2 is 1.87 bits per heavy atom.